The Morgan fingerprint density at radius 2 is 2.08 bits per heavy atom. The molecular weight excluding hydrogens is 159 g/mol. The fraction of sp³-hybridized carbons (Fsp3) is 0.625. The molecule has 12 heavy (non-hydrogen) atoms. The molecular formula is C8H13FN2O. The highest BCUT2D eigenvalue weighted by Gasteiger charge is 2.11. The average molecular weight is 172 g/mol. The Morgan fingerprint density at radius 1 is 1.50 bits per heavy atom. The lowest BCUT2D eigenvalue weighted by Gasteiger charge is -2.27. The minimum Gasteiger partial charge on any atom is -0.378 e. The van der Waals surface area contributed by atoms with E-state index in [1.807, 2.05) is 0 Å². The Hall–Kier alpha value is -0.900. The molecule has 0 spiro atoms. The first-order valence-electron chi connectivity index (χ1n) is 3.95. The zero-order chi connectivity index (χ0) is 8.97. The Kier molecular flexibility index (Phi) is 3.22. The van der Waals surface area contributed by atoms with Crippen molar-refractivity contribution in [3.05, 3.63) is 11.9 Å². The van der Waals surface area contributed by atoms with Crippen molar-refractivity contribution < 1.29 is 9.13 Å². The molecule has 4 heteroatoms. The number of amidine groups is 1. The van der Waals surface area contributed by atoms with E-state index < -0.39 is 0 Å². The van der Waals surface area contributed by atoms with E-state index in [1.165, 1.54) is 13.0 Å². The van der Waals surface area contributed by atoms with Crippen LogP contribution in [0.3, 0.4) is 0 Å². The quantitative estimate of drug-likeness (QED) is 0.476. The molecule has 3 nitrogen and oxygen atoms in total. The number of morpholine rings is 1. The highest BCUT2D eigenvalue weighted by atomic mass is 19.1. The Labute approximate surface area is 71.3 Å². The van der Waals surface area contributed by atoms with Gasteiger partial charge in [-0.2, -0.15) is 0 Å². The largest absolute Gasteiger partial charge is 0.378 e. The monoisotopic (exact) mass is 172 g/mol. The summed E-state index contributed by atoms with van der Waals surface area (Å²) in [6.45, 7) is 3.96. The van der Waals surface area contributed by atoms with Crippen molar-refractivity contribution in [3.8, 4) is 0 Å². The molecule has 0 bridgehead atoms. The summed E-state index contributed by atoms with van der Waals surface area (Å²) in [4.78, 5) is 1.80. The molecule has 68 valence electrons. The summed E-state index contributed by atoms with van der Waals surface area (Å²) >= 11 is 0. The minimum atomic E-state index is -0.327. The second kappa shape index (κ2) is 4.21. The lowest BCUT2D eigenvalue weighted by molar-refractivity contribution is 0.0681. The molecule has 1 rings (SSSR count). The molecule has 1 saturated heterocycles. The zero-order valence-electron chi connectivity index (χ0n) is 7.14. The molecule has 0 aliphatic carbocycles. The summed E-state index contributed by atoms with van der Waals surface area (Å²) in [7, 11) is 0. The van der Waals surface area contributed by atoms with Gasteiger partial charge in [0.1, 0.15) is 11.7 Å². The smallest absolute Gasteiger partial charge is 0.123 e. The van der Waals surface area contributed by atoms with Gasteiger partial charge in [-0.15, -0.1) is 0 Å². The second-order valence-electron chi connectivity index (χ2n) is 2.72. The van der Waals surface area contributed by atoms with E-state index in [9.17, 15) is 4.39 Å². The third-order valence-electron chi connectivity index (χ3n) is 1.69. The van der Waals surface area contributed by atoms with Crippen LogP contribution in [0.25, 0.3) is 0 Å². The van der Waals surface area contributed by atoms with Gasteiger partial charge < -0.3 is 9.64 Å². The third kappa shape index (κ3) is 2.62. The maximum Gasteiger partial charge on any atom is 0.123 e. The predicted molar refractivity (Wildman–Crippen MR) is 45.0 cm³/mol. The molecule has 0 atom stereocenters. The molecule has 1 aliphatic rings. The average Bonchev–Trinajstić information content (AvgIpc) is 2.05. The first-order chi connectivity index (χ1) is 5.70. The van der Waals surface area contributed by atoms with E-state index in [-0.39, 0.29) is 11.7 Å². The van der Waals surface area contributed by atoms with Gasteiger partial charge in [-0.1, -0.05) is 0 Å². The summed E-state index contributed by atoms with van der Waals surface area (Å²) in [5.41, 5.74) is 0. The van der Waals surface area contributed by atoms with E-state index in [4.69, 9.17) is 10.1 Å². The fourth-order valence-electron chi connectivity index (χ4n) is 1.08. The summed E-state index contributed by atoms with van der Waals surface area (Å²) < 4.78 is 17.5. The van der Waals surface area contributed by atoms with Gasteiger partial charge in [0, 0.05) is 19.2 Å². The molecule has 0 aromatic heterocycles. The van der Waals surface area contributed by atoms with Crippen LogP contribution >= 0.6 is 0 Å². The van der Waals surface area contributed by atoms with Crippen LogP contribution in [0.5, 0.6) is 0 Å². The van der Waals surface area contributed by atoms with Crippen molar-refractivity contribution in [2.75, 3.05) is 26.3 Å². The molecule has 0 saturated carbocycles. The lowest BCUT2D eigenvalue weighted by atomic mass is 10.3. The Bertz CT molecular complexity index is 193. The van der Waals surface area contributed by atoms with Crippen LogP contribution in [0.1, 0.15) is 6.92 Å². The van der Waals surface area contributed by atoms with Gasteiger partial charge in [-0.25, -0.2) is 4.39 Å². The highest BCUT2D eigenvalue weighted by molar-refractivity contribution is 5.90. The van der Waals surface area contributed by atoms with E-state index in [0.717, 1.165) is 0 Å². The number of rotatable bonds is 1. The zero-order valence-corrected chi connectivity index (χ0v) is 7.14. The maximum absolute atomic E-state index is 12.4. The molecule has 1 N–H and O–H groups in total. The number of hydrogen-bond acceptors (Lipinski definition) is 2. The van der Waals surface area contributed by atoms with Crippen LogP contribution in [0, 0.1) is 5.41 Å². The van der Waals surface area contributed by atoms with Crippen molar-refractivity contribution in [1.82, 2.24) is 4.90 Å². The molecule has 1 heterocycles. The van der Waals surface area contributed by atoms with Crippen molar-refractivity contribution in [1.29, 1.82) is 5.41 Å². The second-order valence-corrected chi connectivity index (χ2v) is 2.72. The van der Waals surface area contributed by atoms with Gasteiger partial charge in [-0.05, 0) is 6.92 Å². The van der Waals surface area contributed by atoms with Gasteiger partial charge in [0.05, 0.1) is 13.2 Å². The van der Waals surface area contributed by atoms with Crippen LogP contribution in [0.4, 0.5) is 4.39 Å². The van der Waals surface area contributed by atoms with Gasteiger partial charge >= 0.3 is 0 Å². The maximum atomic E-state index is 12.4. The standard InChI is InChI=1S/C8H13FN2O/c1-7(9)6-8(10)11-2-4-12-5-3-11/h6,10H,2-5H2,1H3/b7-6+,10-8?. The summed E-state index contributed by atoms with van der Waals surface area (Å²) in [5, 5.41) is 7.47. The molecule has 1 fully saturated rings. The first kappa shape index (κ1) is 9.19. The van der Waals surface area contributed by atoms with Crippen molar-refractivity contribution in [2.45, 2.75) is 6.92 Å². The number of nitrogens with zero attached hydrogens (tertiary/aromatic N) is 1. The van der Waals surface area contributed by atoms with Gasteiger partial charge in [-0.3, -0.25) is 5.41 Å². The van der Waals surface area contributed by atoms with Crippen LogP contribution in [0.2, 0.25) is 0 Å². The van der Waals surface area contributed by atoms with E-state index in [1.54, 1.807) is 4.90 Å². The normalized spacial score (nSPS) is 19.5. The molecule has 0 aromatic rings. The van der Waals surface area contributed by atoms with Crippen LogP contribution in [0.15, 0.2) is 11.9 Å². The molecule has 1 aliphatic heterocycles. The minimum absolute atomic E-state index is 0.235. The van der Waals surface area contributed by atoms with Gasteiger partial charge in [0.2, 0.25) is 0 Å². The molecule has 0 aromatic carbocycles. The van der Waals surface area contributed by atoms with Gasteiger partial charge in [0.25, 0.3) is 0 Å². The van der Waals surface area contributed by atoms with Crippen molar-refractivity contribution >= 4 is 5.84 Å². The van der Waals surface area contributed by atoms with E-state index in [0.29, 0.717) is 26.3 Å². The Morgan fingerprint density at radius 3 is 2.58 bits per heavy atom. The van der Waals surface area contributed by atoms with Crippen molar-refractivity contribution in [2.24, 2.45) is 0 Å². The van der Waals surface area contributed by atoms with E-state index >= 15 is 0 Å². The number of allylic oxidation sites excluding steroid dienone is 1. The van der Waals surface area contributed by atoms with E-state index in [2.05, 4.69) is 0 Å². The van der Waals surface area contributed by atoms with Crippen LogP contribution in [-0.4, -0.2) is 37.0 Å². The first-order valence-corrected chi connectivity index (χ1v) is 3.95. The topological polar surface area (TPSA) is 36.3 Å². The molecule has 0 unspecified atom stereocenters. The SMILES string of the molecule is C/C(F)=C\C(=N)N1CCOCC1. The third-order valence-corrected chi connectivity index (χ3v) is 1.69. The summed E-state index contributed by atoms with van der Waals surface area (Å²) in [6.07, 6.45) is 1.23. The Balaban J connectivity index is 2.45. The van der Waals surface area contributed by atoms with Crippen molar-refractivity contribution in [3.63, 3.8) is 0 Å². The highest BCUT2D eigenvalue weighted by Crippen LogP contribution is 2.01. The number of hydrogen-bond donors (Lipinski definition) is 1. The lowest BCUT2D eigenvalue weighted by Crippen LogP contribution is -2.39. The van der Waals surface area contributed by atoms with Crippen LogP contribution in [-0.2, 0) is 4.74 Å². The molecule has 0 amide bonds. The predicted octanol–water partition coefficient (Wildman–Crippen LogP) is 1.17. The number of nitrogens with one attached hydrogen (secondary N) is 1. The summed E-state index contributed by atoms with van der Waals surface area (Å²) in [5.74, 6) is -0.0928. The van der Waals surface area contributed by atoms with Crippen LogP contribution < -0.4 is 0 Å². The summed E-state index contributed by atoms with van der Waals surface area (Å²) in [6, 6.07) is 0. The number of halogens is 1. The van der Waals surface area contributed by atoms with Gasteiger partial charge in [0.15, 0.2) is 0 Å². The number of ether oxygens (including phenoxy) is 1. The fourth-order valence-corrected chi connectivity index (χ4v) is 1.08. The molecule has 0 radical (unpaired) electrons.